The lowest BCUT2D eigenvalue weighted by Gasteiger charge is -2.28. The van der Waals surface area contributed by atoms with Crippen molar-refractivity contribution >= 4 is 17.3 Å². The van der Waals surface area contributed by atoms with Crippen LogP contribution in [0.1, 0.15) is 31.2 Å². The van der Waals surface area contributed by atoms with Crippen LogP contribution in [0.2, 0.25) is 5.02 Å². The first-order chi connectivity index (χ1) is 9.28. The maximum Gasteiger partial charge on any atom is 0.0642 e. The van der Waals surface area contributed by atoms with Crippen molar-refractivity contribution in [1.29, 1.82) is 0 Å². The van der Waals surface area contributed by atoms with Crippen LogP contribution in [0.3, 0.4) is 0 Å². The average Bonchev–Trinajstić information content (AvgIpc) is 3.24. The number of halogens is 1. The number of anilines is 1. The van der Waals surface area contributed by atoms with Gasteiger partial charge in [0.25, 0.3) is 0 Å². The van der Waals surface area contributed by atoms with Crippen molar-refractivity contribution < 1.29 is 0 Å². The van der Waals surface area contributed by atoms with E-state index in [1.807, 2.05) is 13.1 Å². The molecule has 2 aliphatic carbocycles. The van der Waals surface area contributed by atoms with Gasteiger partial charge in [0.05, 0.1) is 10.7 Å². The predicted octanol–water partition coefficient (Wildman–Crippen LogP) is 3.69. The Kier molecular flexibility index (Phi) is 3.99. The van der Waals surface area contributed by atoms with Crippen molar-refractivity contribution in [1.82, 2.24) is 5.32 Å². The molecule has 3 rings (SSSR count). The van der Waals surface area contributed by atoms with Crippen LogP contribution >= 0.6 is 11.6 Å². The Morgan fingerprint density at radius 3 is 2.32 bits per heavy atom. The van der Waals surface area contributed by atoms with Gasteiger partial charge in [0, 0.05) is 19.6 Å². The van der Waals surface area contributed by atoms with Gasteiger partial charge in [0.15, 0.2) is 0 Å². The van der Waals surface area contributed by atoms with Gasteiger partial charge in [0.1, 0.15) is 0 Å². The van der Waals surface area contributed by atoms with Crippen molar-refractivity contribution in [2.45, 2.75) is 32.2 Å². The van der Waals surface area contributed by atoms with Crippen molar-refractivity contribution in [3.05, 3.63) is 28.8 Å². The molecule has 2 aliphatic rings. The van der Waals surface area contributed by atoms with Crippen molar-refractivity contribution in [2.75, 3.05) is 25.0 Å². The van der Waals surface area contributed by atoms with Crippen LogP contribution in [0.25, 0.3) is 0 Å². The van der Waals surface area contributed by atoms with Gasteiger partial charge in [-0.25, -0.2) is 0 Å². The first kappa shape index (κ1) is 13.3. The SMILES string of the molecule is CNCc1cccc(Cl)c1N(CC1CC1)CC1CC1. The maximum atomic E-state index is 6.50. The molecular weight excluding hydrogens is 256 g/mol. The normalized spacial score (nSPS) is 18.6. The van der Waals surface area contributed by atoms with E-state index in [-0.39, 0.29) is 0 Å². The van der Waals surface area contributed by atoms with Crippen LogP contribution in [-0.4, -0.2) is 20.1 Å². The van der Waals surface area contributed by atoms with Crippen molar-refractivity contribution in [3.8, 4) is 0 Å². The summed E-state index contributed by atoms with van der Waals surface area (Å²) in [5.41, 5.74) is 2.61. The Morgan fingerprint density at radius 1 is 1.16 bits per heavy atom. The third-order valence-corrected chi connectivity index (χ3v) is 4.41. The molecule has 0 spiro atoms. The minimum absolute atomic E-state index is 0.891. The molecule has 3 heteroatoms. The number of hydrogen-bond donors (Lipinski definition) is 1. The quantitative estimate of drug-likeness (QED) is 0.818. The van der Waals surface area contributed by atoms with Gasteiger partial charge in [-0.2, -0.15) is 0 Å². The second-order valence-electron chi connectivity index (χ2n) is 6.07. The second kappa shape index (κ2) is 5.72. The summed E-state index contributed by atoms with van der Waals surface area (Å²) < 4.78 is 0. The van der Waals surface area contributed by atoms with Crippen LogP contribution in [0, 0.1) is 11.8 Å². The fraction of sp³-hybridized carbons (Fsp3) is 0.625. The Labute approximate surface area is 121 Å². The third-order valence-electron chi connectivity index (χ3n) is 4.10. The molecule has 104 valence electrons. The number of nitrogens with zero attached hydrogens (tertiary/aromatic N) is 1. The number of hydrogen-bond acceptors (Lipinski definition) is 2. The van der Waals surface area contributed by atoms with Gasteiger partial charge in [-0.05, 0) is 56.2 Å². The summed E-state index contributed by atoms with van der Waals surface area (Å²) in [5.74, 6) is 1.80. The second-order valence-corrected chi connectivity index (χ2v) is 6.48. The van der Waals surface area contributed by atoms with Crippen LogP contribution in [-0.2, 0) is 6.54 Å². The summed E-state index contributed by atoms with van der Waals surface area (Å²) >= 11 is 6.50. The van der Waals surface area contributed by atoms with E-state index in [9.17, 15) is 0 Å². The summed E-state index contributed by atoms with van der Waals surface area (Å²) in [7, 11) is 2.00. The Balaban J connectivity index is 1.85. The molecule has 0 aliphatic heterocycles. The topological polar surface area (TPSA) is 15.3 Å². The lowest BCUT2D eigenvalue weighted by Crippen LogP contribution is -2.30. The third kappa shape index (κ3) is 3.43. The van der Waals surface area contributed by atoms with E-state index < -0.39 is 0 Å². The highest BCUT2D eigenvalue weighted by molar-refractivity contribution is 6.33. The minimum atomic E-state index is 0.891. The monoisotopic (exact) mass is 278 g/mol. The van der Waals surface area contributed by atoms with E-state index >= 15 is 0 Å². The fourth-order valence-corrected chi connectivity index (χ4v) is 3.04. The lowest BCUT2D eigenvalue weighted by molar-refractivity contribution is 0.673. The van der Waals surface area contributed by atoms with Crippen molar-refractivity contribution in [3.63, 3.8) is 0 Å². The van der Waals surface area contributed by atoms with E-state index in [1.165, 1.54) is 50.0 Å². The van der Waals surface area contributed by atoms with Gasteiger partial charge < -0.3 is 10.2 Å². The molecule has 1 aromatic rings. The molecule has 2 nitrogen and oxygen atoms in total. The van der Waals surface area contributed by atoms with Crippen LogP contribution in [0.4, 0.5) is 5.69 Å². The highest BCUT2D eigenvalue weighted by Gasteiger charge is 2.30. The average molecular weight is 279 g/mol. The number of nitrogens with one attached hydrogen (secondary N) is 1. The Hall–Kier alpha value is -0.730. The summed E-state index contributed by atoms with van der Waals surface area (Å²) in [5, 5.41) is 4.17. The molecule has 0 heterocycles. The molecule has 0 unspecified atom stereocenters. The standard InChI is InChI=1S/C16H23ClN2/c1-18-9-14-3-2-4-15(17)16(14)19(10-12-5-6-12)11-13-7-8-13/h2-4,12-13,18H,5-11H2,1H3. The van der Waals surface area contributed by atoms with Gasteiger partial charge >= 0.3 is 0 Å². The first-order valence-electron chi connectivity index (χ1n) is 7.45. The van der Waals surface area contributed by atoms with E-state index in [0.717, 1.165) is 23.4 Å². The Morgan fingerprint density at radius 2 is 1.79 bits per heavy atom. The molecule has 2 fully saturated rings. The van der Waals surface area contributed by atoms with Crippen LogP contribution < -0.4 is 10.2 Å². The summed E-state index contributed by atoms with van der Waals surface area (Å²) in [4.78, 5) is 2.56. The predicted molar refractivity (Wildman–Crippen MR) is 81.9 cm³/mol. The lowest BCUT2D eigenvalue weighted by atomic mass is 10.1. The highest BCUT2D eigenvalue weighted by atomic mass is 35.5. The van der Waals surface area contributed by atoms with Gasteiger partial charge in [0.2, 0.25) is 0 Å². The molecule has 1 N–H and O–H groups in total. The molecule has 0 atom stereocenters. The molecular formula is C16H23ClN2. The van der Waals surface area contributed by atoms with E-state index in [0.29, 0.717) is 0 Å². The van der Waals surface area contributed by atoms with E-state index in [1.54, 1.807) is 0 Å². The first-order valence-corrected chi connectivity index (χ1v) is 7.82. The largest absolute Gasteiger partial charge is 0.370 e. The van der Waals surface area contributed by atoms with Gasteiger partial charge in [-0.3, -0.25) is 0 Å². The zero-order chi connectivity index (χ0) is 13.2. The molecule has 0 amide bonds. The highest BCUT2D eigenvalue weighted by Crippen LogP contribution is 2.39. The zero-order valence-electron chi connectivity index (χ0n) is 11.7. The molecule has 1 aromatic carbocycles. The Bertz CT molecular complexity index is 424. The summed E-state index contributed by atoms with van der Waals surface area (Å²) in [6.07, 6.45) is 5.58. The molecule has 0 radical (unpaired) electrons. The molecule has 19 heavy (non-hydrogen) atoms. The van der Waals surface area contributed by atoms with Crippen LogP contribution in [0.5, 0.6) is 0 Å². The van der Waals surface area contributed by atoms with Crippen molar-refractivity contribution in [2.24, 2.45) is 11.8 Å². The zero-order valence-corrected chi connectivity index (χ0v) is 12.4. The number of para-hydroxylation sites is 1. The summed E-state index contributed by atoms with van der Waals surface area (Å²) in [6, 6.07) is 6.29. The van der Waals surface area contributed by atoms with Gasteiger partial charge in [-0.15, -0.1) is 0 Å². The van der Waals surface area contributed by atoms with Gasteiger partial charge in [-0.1, -0.05) is 23.7 Å². The maximum absolute atomic E-state index is 6.50. The molecule has 2 saturated carbocycles. The van der Waals surface area contributed by atoms with E-state index in [4.69, 9.17) is 11.6 Å². The van der Waals surface area contributed by atoms with E-state index in [2.05, 4.69) is 22.3 Å². The number of benzene rings is 1. The number of rotatable bonds is 7. The molecule has 0 saturated heterocycles. The van der Waals surface area contributed by atoms with Crippen LogP contribution in [0.15, 0.2) is 18.2 Å². The fourth-order valence-electron chi connectivity index (χ4n) is 2.73. The minimum Gasteiger partial charge on any atom is -0.370 e. The molecule has 0 aromatic heterocycles. The smallest absolute Gasteiger partial charge is 0.0642 e. The summed E-state index contributed by atoms with van der Waals surface area (Å²) in [6.45, 7) is 3.27. The molecule has 0 bridgehead atoms.